The van der Waals surface area contributed by atoms with Crippen molar-refractivity contribution in [1.82, 2.24) is 4.90 Å². The normalized spacial score (nSPS) is 32.5. The highest BCUT2D eigenvalue weighted by molar-refractivity contribution is 8.00. The Morgan fingerprint density at radius 1 is 1.69 bits per heavy atom. The summed E-state index contributed by atoms with van der Waals surface area (Å²) in [6, 6.07) is -0.563. The van der Waals surface area contributed by atoms with Crippen molar-refractivity contribution in [3.05, 3.63) is 12.2 Å². The SMILES string of the molecule is C=C1CS[C@@H]2CC(=O)N2C1C(N)=O. The second-order valence-electron chi connectivity index (χ2n) is 3.23. The van der Waals surface area contributed by atoms with Crippen LogP contribution < -0.4 is 5.73 Å². The lowest BCUT2D eigenvalue weighted by Gasteiger charge is -2.48. The molecule has 5 heteroatoms. The fourth-order valence-corrected chi connectivity index (χ4v) is 2.89. The van der Waals surface area contributed by atoms with Gasteiger partial charge in [-0.3, -0.25) is 9.59 Å². The number of carbonyl (C=O) groups is 2. The van der Waals surface area contributed by atoms with E-state index in [-0.39, 0.29) is 11.3 Å². The van der Waals surface area contributed by atoms with Crippen molar-refractivity contribution in [2.24, 2.45) is 5.73 Å². The summed E-state index contributed by atoms with van der Waals surface area (Å²) in [4.78, 5) is 23.8. The van der Waals surface area contributed by atoms with Crippen LogP contribution in [-0.2, 0) is 9.59 Å². The van der Waals surface area contributed by atoms with Crippen LogP contribution in [0.15, 0.2) is 12.2 Å². The molecule has 2 rings (SSSR count). The van der Waals surface area contributed by atoms with E-state index >= 15 is 0 Å². The second kappa shape index (κ2) is 2.77. The first-order chi connectivity index (χ1) is 6.11. The molecule has 0 aromatic rings. The van der Waals surface area contributed by atoms with E-state index in [2.05, 4.69) is 6.58 Å². The lowest BCUT2D eigenvalue weighted by atomic mass is 10.0. The maximum absolute atomic E-state index is 11.2. The van der Waals surface area contributed by atoms with Crippen molar-refractivity contribution in [3.8, 4) is 0 Å². The molecule has 1 unspecified atom stereocenters. The van der Waals surface area contributed by atoms with Gasteiger partial charge in [-0.15, -0.1) is 11.8 Å². The average Bonchev–Trinajstić information content (AvgIpc) is 2.05. The van der Waals surface area contributed by atoms with Crippen LogP contribution in [0.3, 0.4) is 0 Å². The summed E-state index contributed by atoms with van der Waals surface area (Å²) < 4.78 is 0. The number of hydrogen-bond donors (Lipinski definition) is 1. The zero-order valence-electron chi connectivity index (χ0n) is 7.03. The Balaban J connectivity index is 2.24. The minimum Gasteiger partial charge on any atom is -0.368 e. The molecule has 0 aliphatic carbocycles. The lowest BCUT2D eigenvalue weighted by Crippen LogP contribution is -2.62. The molecular formula is C8H10N2O2S. The number of nitrogens with two attached hydrogens (primary N) is 1. The van der Waals surface area contributed by atoms with Crippen LogP contribution in [0, 0.1) is 0 Å². The highest BCUT2D eigenvalue weighted by Crippen LogP contribution is 2.39. The van der Waals surface area contributed by atoms with E-state index in [1.165, 1.54) is 0 Å². The highest BCUT2D eigenvalue weighted by Gasteiger charge is 2.47. The largest absolute Gasteiger partial charge is 0.368 e. The van der Waals surface area contributed by atoms with Crippen LogP contribution in [0.2, 0.25) is 0 Å². The standard InChI is InChI=1S/C8H10N2O2S/c1-4-3-13-6-2-5(11)10(6)7(4)8(9)12/h6-7H,1-3H2,(H2,9,12)/t6-,7?/m1/s1. The average molecular weight is 198 g/mol. The quantitative estimate of drug-likeness (QED) is 0.465. The molecule has 13 heavy (non-hydrogen) atoms. The van der Waals surface area contributed by atoms with E-state index in [1.807, 2.05) is 0 Å². The van der Waals surface area contributed by atoms with Crippen LogP contribution in [-0.4, -0.2) is 33.9 Å². The third-order valence-electron chi connectivity index (χ3n) is 2.34. The Morgan fingerprint density at radius 3 is 2.85 bits per heavy atom. The molecule has 2 saturated heterocycles. The number of carbonyl (C=O) groups excluding carboxylic acids is 2. The Labute approximate surface area is 80.1 Å². The predicted octanol–water partition coefficient (Wildman–Crippen LogP) is -0.298. The van der Waals surface area contributed by atoms with Crippen LogP contribution >= 0.6 is 11.8 Å². The van der Waals surface area contributed by atoms with Gasteiger partial charge in [-0.1, -0.05) is 6.58 Å². The van der Waals surface area contributed by atoms with E-state index in [0.29, 0.717) is 6.42 Å². The van der Waals surface area contributed by atoms with Crippen LogP contribution in [0.1, 0.15) is 6.42 Å². The van der Waals surface area contributed by atoms with Gasteiger partial charge in [0.15, 0.2) is 0 Å². The predicted molar refractivity (Wildman–Crippen MR) is 49.8 cm³/mol. The summed E-state index contributed by atoms with van der Waals surface area (Å²) in [5.41, 5.74) is 5.94. The Bertz CT molecular complexity index is 303. The van der Waals surface area contributed by atoms with Gasteiger partial charge in [0, 0.05) is 5.75 Å². The number of amides is 2. The van der Waals surface area contributed by atoms with Gasteiger partial charge in [0.1, 0.15) is 6.04 Å². The summed E-state index contributed by atoms with van der Waals surface area (Å²) >= 11 is 1.64. The topological polar surface area (TPSA) is 63.4 Å². The molecular weight excluding hydrogens is 188 g/mol. The minimum atomic E-state index is -0.563. The number of fused-ring (bicyclic) bond motifs is 1. The van der Waals surface area contributed by atoms with Crippen LogP contribution in [0.5, 0.6) is 0 Å². The molecule has 0 bridgehead atoms. The van der Waals surface area contributed by atoms with Crippen molar-refractivity contribution in [2.75, 3.05) is 5.75 Å². The van der Waals surface area contributed by atoms with Crippen molar-refractivity contribution >= 4 is 23.6 Å². The molecule has 2 amide bonds. The number of hydrogen-bond acceptors (Lipinski definition) is 3. The van der Waals surface area contributed by atoms with Gasteiger partial charge in [0.05, 0.1) is 11.8 Å². The van der Waals surface area contributed by atoms with E-state index in [0.717, 1.165) is 11.3 Å². The van der Waals surface area contributed by atoms with Gasteiger partial charge in [-0.25, -0.2) is 0 Å². The molecule has 2 heterocycles. The molecule has 0 radical (unpaired) electrons. The first-order valence-electron chi connectivity index (χ1n) is 4.01. The van der Waals surface area contributed by atoms with E-state index < -0.39 is 11.9 Å². The first kappa shape index (κ1) is 8.62. The summed E-state index contributed by atoms with van der Waals surface area (Å²) in [5, 5.41) is 0.149. The molecule has 4 nitrogen and oxygen atoms in total. The highest BCUT2D eigenvalue weighted by atomic mass is 32.2. The molecule has 2 fully saturated rings. The number of primary amides is 1. The van der Waals surface area contributed by atoms with E-state index in [1.54, 1.807) is 16.7 Å². The molecule has 0 aromatic heterocycles. The zero-order chi connectivity index (χ0) is 9.59. The smallest absolute Gasteiger partial charge is 0.244 e. The van der Waals surface area contributed by atoms with Crippen LogP contribution in [0.25, 0.3) is 0 Å². The van der Waals surface area contributed by atoms with E-state index in [9.17, 15) is 9.59 Å². The van der Waals surface area contributed by atoms with Crippen molar-refractivity contribution in [2.45, 2.75) is 17.8 Å². The summed E-state index contributed by atoms with van der Waals surface area (Å²) in [7, 11) is 0. The molecule has 2 aliphatic heterocycles. The van der Waals surface area contributed by atoms with Crippen molar-refractivity contribution in [1.29, 1.82) is 0 Å². The van der Waals surface area contributed by atoms with Crippen molar-refractivity contribution in [3.63, 3.8) is 0 Å². The second-order valence-corrected chi connectivity index (χ2v) is 4.40. The molecule has 2 aliphatic rings. The first-order valence-corrected chi connectivity index (χ1v) is 5.06. The maximum Gasteiger partial charge on any atom is 0.244 e. The molecule has 2 N–H and O–H groups in total. The molecule has 2 atom stereocenters. The molecule has 70 valence electrons. The maximum atomic E-state index is 11.2. The van der Waals surface area contributed by atoms with Gasteiger partial charge >= 0.3 is 0 Å². The summed E-state index contributed by atoms with van der Waals surface area (Å²) in [5.74, 6) is 0.257. The van der Waals surface area contributed by atoms with Gasteiger partial charge in [0.25, 0.3) is 0 Å². The van der Waals surface area contributed by atoms with Gasteiger partial charge in [0.2, 0.25) is 11.8 Å². The number of nitrogens with zero attached hydrogens (tertiary/aromatic N) is 1. The lowest BCUT2D eigenvalue weighted by molar-refractivity contribution is -0.148. The van der Waals surface area contributed by atoms with Gasteiger partial charge in [-0.2, -0.15) is 0 Å². The van der Waals surface area contributed by atoms with Gasteiger partial charge < -0.3 is 10.6 Å². The molecule has 0 spiro atoms. The van der Waals surface area contributed by atoms with Gasteiger partial charge in [-0.05, 0) is 5.57 Å². The fourth-order valence-electron chi connectivity index (χ4n) is 1.67. The van der Waals surface area contributed by atoms with Crippen LogP contribution in [0.4, 0.5) is 0 Å². The Morgan fingerprint density at radius 2 is 2.38 bits per heavy atom. The third-order valence-corrected chi connectivity index (χ3v) is 3.66. The Kier molecular flexibility index (Phi) is 1.83. The zero-order valence-corrected chi connectivity index (χ0v) is 7.84. The summed E-state index contributed by atoms with van der Waals surface area (Å²) in [6.45, 7) is 3.75. The minimum absolute atomic E-state index is 0.00199. The summed E-state index contributed by atoms with van der Waals surface area (Å²) in [6.07, 6.45) is 0.529. The number of rotatable bonds is 1. The monoisotopic (exact) mass is 198 g/mol. The third kappa shape index (κ3) is 1.14. The molecule has 0 aromatic carbocycles. The molecule has 0 saturated carbocycles. The number of β-lactam (4-membered cyclic amide) rings is 1. The number of thioether (sulfide) groups is 1. The Hall–Kier alpha value is -0.970. The van der Waals surface area contributed by atoms with Crippen molar-refractivity contribution < 1.29 is 9.59 Å². The fraction of sp³-hybridized carbons (Fsp3) is 0.500. The van der Waals surface area contributed by atoms with E-state index in [4.69, 9.17) is 5.73 Å².